The maximum absolute atomic E-state index is 12.4. The number of esters is 1. The van der Waals surface area contributed by atoms with E-state index < -0.39 is 11.9 Å². The standard InChI is InChI=1S/C22H28N2O4/c25-20(23-19-11-5-7-15-6-1-4-10-18(15)19)14-28-22(27)16-12-21(26)24(13-16)17-8-2-3-9-17/h1,4,6,10,16-17,19H,2-3,5,7-9,11-14H2,(H,23,25)/t16-,19+/m1/s1. The van der Waals surface area contributed by atoms with Gasteiger partial charge in [-0.2, -0.15) is 0 Å². The van der Waals surface area contributed by atoms with Gasteiger partial charge in [-0.3, -0.25) is 14.4 Å². The first-order valence-electron chi connectivity index (χ1n) is 10.4. The molecule has 6 nitrogen and oxygen atoms in total. The Morgan fingerprint density at radius 3 is 2.71 bits per heavy atom. The van der Waals surface area contributed by atoms with E-state index in [2.05, 4.69) is 11.4 Å². The van der Waals surface area contributed by atoms with E-state index in [0.29, 0.717) is 6.54 Å². The second kappa shape index (κ2) is 8.33. The van der Waals surface area contributed by atoms with E-state index in [1.165, 1.54) is 5.56 Å². The van der Waals surface area contributed by atoms with Crippen LogP contribution in [-0.4, -0.2) is 41.9 Å². The van der Waals surface area contributed by atoms with Crippen molar-refractivity contribution in [2.24, 2.45) is 5.92 Å². The number of rotatable bonds is 5. The molecule has 1 saturated heterocycles. The number of nitrogens with zero attached hydrogens (tertiary/aromatic N) is 1. The molecule has 2 atom stereocenters. The van der Waals surface area contributed by atoms with Gasteiger partial charge in [0.1, 0.15) is 0 Å². The maximum Gasteiger partial charge on any atom is 0.311 e. The van der Waals surface area contributed by atoms with Crippen molar-refractivity contribution in [2.45, 2.75) is 63.5 Å². The zero-order chi connectivity index (χ0) is 19.5. The van der Waals surface area contributed by atoms with Gasteiger partial charge in [-0.1, -0.05) is 37.1 Å². The summed E-state index contributed by atoms with van der Waals surface area (Å²) in [5.41, 5.74) is 2.43. The molecule has 1 heterocycles. The highest BCUT2D eigenvalue weighted by Crippen LogP contribution is 2.30. The van der Waals surface area contributed by atoms with Crippen molar-refractivity contribution < 1.29 is 19.1 Å². The third-order valence-electron chi connectivity index (χ3n) is 6.31. The van der Waals surface area contributed by atoms with Crippen LogP contribution < -0.4 is 5.32 Å². The van der Waals surface area contributed by atoms with Gasteiger partial charge in [0.05, 0.1) is 12.0 Å². The molecule has 1 aromatic carbocycles. The van der Waals surface area contributed by atoms with Crippen LogP contribution in [0.1, 0.15) is 62.1 Å². The minimum absolute atomic E-state index is 0.0259. The summed E-state index contributed by atoms with van der Waals surface area (Å²) in [5.74, 6) is -1.13. The van der Waals surface area contributed by atoms with Crippen molar-refractivity contribution in [3.8, 4) is 0 Å². The van der Waals surface area contributed by atoms with Gasteiger partial charge in [-0.05, 0) is 43.2 Å². The molecule has 1 N–H and O–H groups in total. The lowest BCUT2D eigenvalue weighted by atomic mass is 9.88. The second-order valence-corrected chi connectivity index (χ2v) is 8.20. The molecule has 1 saturated carbocycles. The molecule has 3 aliphatic rings. The van der Waals surface area contributed by atoms with Crippen molar-refractivity contribution in [2.75, 3.05) is 13.2 Å². The average molecular weight is 384 g/mol. The SMILES string of the molecule is O=C(COC(=O)[C@@H]1CC(=O)N(C2CCCC2)C1)N[C@H]1CCCc2ccccc21. The molecule has 6 heteroatoms. The smallest absolute Gasteiger partial charge is 0.311 e. The van der Waals surface area contributed by atoms with E-state index in [1.807, 2.05) is 23.1 Å². The van der Waals surface area contributed by atoms with Gasteiger partial charge in [0.15, 0.2) is 6.61 Å². The summed E-state index contributed by atoms with van der Waals surface area (Å²) in [5, 5.41) is 2.99. The minimum atomic E-state index is -0.448. The van der Waals surface area contributed by atoms with Gasteiger partial charge in [0.25, 0.3) is 5.91 Å². The Morgan fingerprint density at radius 2 is 1.89 bits per heavy atom. The quantitative estimate of drug-likeness (QED) is 0.792. The second-order valence-electron chi connectivity index (χ2n) is 8.20. The van der Waals surface area contributed by atoms with Gasteiger partial charge in [-0.15, -0.1) is 0 Å². The van der Waals surface area contributed by atoms with Crippen molar-refractivity contribution in [3.05, 3.63) is 35.4 Å². The Labute approximate surface area is 165 Å². The number of likely N-dealkylation sites (tertiary alicyclic amines) is 1. The third kappa shape index (κ3) is 4.05. The lowest BCUT2D eigenvalue weighted by Crippen LogP contribution is -2.36. The number of aryl methyl sites for hydroxylation is 1. The number of hydrogen-bond acceptors (Lipinski definition) is 4. The normalized spacial score (nSPS) is 24.9. The molecule has 0 aromatic heterocycles. The Hall–Kier alpha value is -2.37. The van der Waals surface area contributed by atoms with Crippen molar-refractivity contribution in [1.29, 1.82) is 0 Å². The van der Waals surface area contributed by atoms with Crippen LogP contribution in [0.25, 0.3) is 0 Å². The Balaban J connectivity index is 1.26. The molecule has 0 spiro atoms. The first-order chi connectivity index (χ1) is 13.6. The van der Waals surface area contributed by atoms with E-state index in [4.69, 9.17) is 4.74 Å². The predicted molar refractivity (Wildman–Crippen MR) is 103 cm³/mol. The zero-order valence-corrected chi connectivity index (χ0v) is 16.2. The number of fused-ring (bicyclic) bond motifs is 1. The van der Waals surface area contributed by atoms with Crippen LogP contribution in [0.3, 0.4) is 0 Å². The number of benzene rings is 1. The minimum Gasteiger partial charge on any atom is -0.455 e. The van der Waals surface area contributed by atoms with Gasteiger partial charge < -0.3 is 15.0 Å². The molecule has 0 radical (unpaired) electrons. The van der Waals surface area contributed by atoms with Gasteiger partial charge in [0.2, 0.25) is 5.91 Å². The number of ether oxygens (including phenoxy) is 1. The third-order valence-corrected chi connectivity index (χ3v) is 6.31. The van der Waals surface area contributed by atoms with Crippen molar-refractivity contribution >= 4 is 17.8 Å². The maximum atomic E-state index is 12.4. The molecule has 28 heavy (non-hydrogen) atoms. The number of nitrogens with one attached hydrogen (secondary N) is 1. The molecule has 2 aliphatic carbocycles. The number of amides is 2. The van der Waals surface area contributed by atoms with Gasteiger partial charge in [-0.25, -0.2) is 0 Å². The summed E-state index contributed by atoms with van der Waals surface area (Å²) < 4.78 is 5.25. The fourth-order valence-corrected chi connectivity index (χ4v) is 4.85. The number of hydrogen-bond donors (Lipinski definition) is 1. The lowest BCUT2D eigenvalue weighted by molar-refractivity contribution is -0.152. The molecule has 150 valence electrons. The largest absolute Gasteiger partial charge is 0.455 e. The van der Waals surface area contributed by atoms with E-state index in [1.54, 1.807) is 0 Å². The summed E-state index contributed by atoms with van der Waals surface area (Å²) in [6.45, 7) is 0.144. The average Bonchev–Trinajstić information content (AvgIpc) is 3.36. The van der Waals surface area contributed by atoms with Crippen LogP contribution >= 0.6 is 0 Å². The van der Waals surface area contributed by atoms with Crippen LogP contribution in [0, 0.1) is 5.92 Å². The molecule has 4 rings (SSSR count). The fourth-order valence-electron chi connectivity index (χ4n) is 4.85. The first-order valence-corrected chi connectivity index (χ1v) is 10.4. The number of carbonyl (C=O) groups excluding carboxylic acids is 3. The molecule has 2 amide bonds. The summed E-state index contributed by atoms with van der Waals surface area (Å²) in [6.07, 6.45) is 7.50. The fraction of sp³-hybridized carbons (Fsp3) is 0.591. The van der Waals surface area contributed by atoms with Crippen LogP contribution in [0.15, 0.2) is 24.3 Å². The van der Waals surface area contributed by atoms with E-state index in [9.17, 15) is 14.4 Å². The van der Waals surface area contributed by atoms with Crippen LogP contribution in [0.2, 0.25) is 0 Å². The summed E-state index contributed by atoms with van der Waals surface area (Å²) in [6, 6.07) is 8.40. The Morgan fingerprint density at radius 1 is 1.11 bits per heavy atom. The van der Waals surface area contributed by atoms with Gasteiger partial charge >= 0.3 is 5.97 Å². The molecule has 1 aromatic rings. The number of carbonyl (C=O) groups is 3. The zero-order valence-electron chi connectivity index (χ0n) is 16.2. The first kappa shape index (κ1) is 19.0. The molecule has 0 bridgehead atoms. The van der Waals surface area contributed by atoms with E-state index in [-0.39, 0.29) is 36.9 Å². The van der Waals surface area contributed by atoms with Crippen molar-refractivity contribution in [3.63, 3.8) is 0 Å². The Kier molecular flexibility index (Phi) is 5.64. The highest BCUT2D eigenvalue weighted by Gasteiger charge is 2.39. The molecule has 2 fully saturated rings. The monoisotopic (exact) mass is 384 g/mol. The Bertz CT molecular complexity index is 757. The van der Waals surface area contributed by atoms with Crippen LogP contribution in [-0.2, 0) is 25.5 Å². The van der Waals surface area contributed by atoms with E-state index >= 15 is 0 Å². The van der Waals surface area contributed by atoms with Gasteiger partial charge in [0, 0.05) is 19.0 Å². The summed E-state index contributed by atoms with van der Waals surface area (Å²) in [4.78, 5) is 38.8. The van der Waals surface area contributed by atoms with Crippen molar-refractivity contribution in [1.82, 2.24) is 10.2 Å². The molecular formula is C22H28N2O4. The lowest BCUT2D eigenvalue weighted by Gasteiger charge is -2.26. The summed E-state index contributed by atoms with van der Waals surface area (Å²) in [7, 11) is 0. The molecular weight excluding hydrogens is 356 g/mol. The van der Waals surface area contributed by atoms with Crippen LogP contribution in [0.4, 0.5) is 0 Å². The predicted octanol–water partition coefficient (Wildman–Crippen LogP) is 2.51. The molecule has 0 unspecified atom stereocenters. The van der Waals surface area contributed by atoms with E-state index in [0.717, 1.165) is 50.5 Å². The summed E-state index contributed by atoms with van der Waals surface area (Å²) >= 11 is 0. The highest BCUT2D eigenvalue weighted by molar-refractivity contribution is 5.88. The topological polar surface area (TPSA) is 75.7 Å². The van der Waals surface area contributed by atoms with Crippen LogP contribution in [0.5, 0.6) is 0 Å². The molecule has 1 aliphatic heterocycles. The highest BCUT2D eigenvalue weighted by atomic mass is 16.5.